The van der Waals surface area contributed by atoms with Crippen molar-refractivity contribution in [3.63, 3.8) is 0 Å². The minimum absolute atomic E-state index is 0.254. The fraction of sp³-hybridized carbons (Fsp3) is 0.333. The molecule has 0 saturated carbocycles. The first kappa shape index (κ1) is 20.3. The summed E-state index contributed by atoms with van der Waals surface area (Å²) >= 11 is 0. The summed E-state index contributed by atoms with van der Waals surface area (Å²) in [4.78, 5) is 25.0. The van der Waals surface area contributed by atoms with E-state index in [1.807, 2.05) is 30.3 Å². The van der Waals surface area contributed by atoms with E-state index in [4.69, 9.17) is 9.47 Å². The fourth-order valence-corrected chi connectivity index (χ4v) is 2.95. The molecule has 6 nitrogen and oxygen atoms in total. The molecule has 0 aliphatic heterocycles. The number of hydrogen-bond acceptors (Lipinski definition) is 5. The Bertz CT molecular complexity index is 786. The van der Waals surface area contributed by atoms with Gasteiger partial charge in [0.1, 0.15) is 5.75 Å². The van der Waals surface area contributed by atoms with Crippen LogP contribution < -0.4 is 9.64 Å². The zero-order chi connectivity index (χ0) is 19.8. The molecule has 27 heavy (non-hydrogen) atoms. The van der Waals surface area contributed by atoms with Crippen LogP contribution in [-0.2, 0) is 16.1 Å². The summed E-state index contributed by atoms with van der Waals surface area (Å²) in [5.74, 6) is -0.427. The van der Waals surface area contributed by atoms with Crippen molar-refractivity contribution in [2.75, 3.05) is 25.7 Å². The normalized spacial score (nSPS) is 10.3. The molecule has 0 aromatic heterocycles. The summed E-state index contributed by atoms with van der Waals surface area (Å²) in [5.41, 5.74) is 2.89. The molecule has 2 aromatic carbocycles. The molecule has 0 spiro atoms. The van der Waals surface area contributed by atoms with Crippen molar-refractivity contribution < 1.29 is 24.2 Å². The highest BCUT2D eigenvalue weighted by Gasteiger charge is 2.16. The van der Waals surface area contributed by atoms with E-state index in [9.17, 15) is 14.7 Å². The molecule has 0 atom stereocenters. The molecule has 0 aliphatic carbocycles. The second-order valence-corrected chi connectivity index (χ2v) is 6.20. The van der Waals surface area contributed by atoms with E-state index in [0.29, 0.717) is 31.5 Å². The number of carbonyl (C=O) groups is 2. The lowest BCUT2D eigenvalue weighted by atomic mass is 10.0. The standard InChI is InChI=1S/C21H25NO5/c1-15-18(21(24)25)6-4-7-19(15)22(13-5-8-20(23)27-3)14-16-9-11-17(26-2)12-10-16/h4,6-7,9-12H,5,8,13-14H2,1-3H3,(H,24,25). The number of ether oxygens (including phenoxy) is 2. The number of rotatable bonds is 9. The first-order valence-corrected chi connectivity index (χ1v) is 8.74. The summed E-state index contributed by atoms with van der Waals surface area (Å²) in [5, 5.41) is 9.41. The Morgan fingerprint density at radius 3 is 2.37 bits per heavy atom. The summed E-state index contributed by atoms with van der Waals surface area (Å²) in [6.45, 7) is 3.00. The van der Waals surface area contributed by atoms with Crippen LogP contribution in [0.5, 0.6) is 5.75 Å². The average Bonchev–Trinajstić information content (AvgIpc) is 2.67. The molecule has 2 rings (SSSR count). The van der Waals surface area contributed by atoms with Crippen LogP contribution in [0.4, 0.5) is 5.69 Å². The molecule has 0 amide bonds. The number of carboxylic acid groups (broad SMARTS) is 1. The van der Waals surface area contributed by atoms with Crippen LogP contribution in [0.15, 0.2) is 42.5 Å². The second kappa shape index (κ2) is 9.62. The third-order valence-corrected chi connectivity index (χ3v) is 4.45. The Kier molecular flexibility index (Phi) is 7.23. The quantitative estimate of drug-likeness (QED) is 0.678. The van der Waals surface area contributed by atoms with Gasteiger partial charge in [0.25, 0.3) is 0 Å². The van der Waals surface area contributed by atoms with Gasteiger partial charge in [0.05, 0.1) is 19.8 Å². The summed E-state index contributed by atoms with van der Waals surface area (Å²) in [7, 11) is 2.99. The van der Waals surface area contributed by atoms with Gasteiger partial charge in [-0.3, -0.25) is 4.79 Å². The first-order chi connectivity index (χ1) is 13.0. The molecule has 0 saturated heterocycles. The first-order valence-electron chi connectivity index (χ1n) is 8.74. The Labute approximate surface area is 159 Å². The van der Waals surface area contributed by atoms with E-state index in [0.717, 1.165) is 17.0 Å². The lowest BCUT2D eigenvalue weighted by molar-refractivity contribution is -0.140. The van der Waals surface area contributed by atoms with Crippen LogP contribution in [0, 0.1) is 6.92 Å². The number of benzene rings is 2. The van der Waals surface area contributed by atoms with Crippen LogP contribution in [0.3, 0.4) is 0 Å². The molecule has 6 heteroatoms. The van der Waals surface area contributed by atoms with E-state index in [-0.39, 0.29) is 11.5 Å². The zero-order valence-electron chi connectivity index (χ0n) is 15.9. The molecule has 1 N–H and O–H groups in total. The monoisotopic (exact) mass is 371 g/mol. The second-order valence-electron chi connectivity index (χ2n) is 6.20. The Balaban J connectivity index is 2.27. The van der Waals surface area contributed by atoms with Gasteiger partial charge in [0.2, 0.25) is 0 Å². The molecular formula is C21H25NO5. The van der Waals surface area contributed by atoms with Crippen LogP contribution in [0.1, 0.15) is 34.3 Å². The largest absolute Gasteiger partial charge is 0.497 e. The number of anilines is 1. The van der Waals surface area contributed by atoms with Crippen LogP contribution in [0.25, 0.3) is 0 Å². The molecule has 0 radical (unpaired) electrons. The maximum Gasteiger partial charge on any atom is 0.336 e. The molecule has 0 fully saturated rings. The molecule has 2 aromatic rings. The number of aromatic carboxylic acids is 1. The molecule has 0 aliphatic rings. The van der Waals surface area contributed by atoms with Gasteiger partial charge in [-0.05, 0) is 48.7 Å². The van der Waals surface area contributed by atoms with Crippen LogP contribution in [-0.4, -0.2) is 37.8 Å². The fourth-order valence-electron chi connectivity index (χ4n) is 2.95. The van der Waals surface area contributed by atoms with Crippen molar-refractivity contribution >= 4 is 17.6 Å². The topological polar surface area (TPSA) is 76.1 Å². The highest BCUT2D eigenvalue weighted by Crippen LogP contribution is 2.26. The number of hydrogen-bond donors (Lipinski definition) is 1. The van der Waals surface area contributed by atoms with E-state index < -0.39 is 5.97 Å². The summed E-state index contributed by atoms with van der Waals surface area (Å²) in [6.07, 6.45) is 0.923. The zero-order valence-corrected chi connectivity index (χ0v) is 15.9. The predicted octanol–water partition coefficient (Wildman–Crippen LogP) is 3.66. The molecule has 0 bridgehead atoms. The number of esters is 1. The predicted molar refractivity (Wildman–Crippen MR) is 103 cm³/mol. The van der Waals surface area contributed by atoms with Crippen LogP contribution >= 0.6 is 0 Å². The Morgan fingerprint density at radius 2 is 1.78 bits per heavy atom. The lowest BCUT2D eigenvalue weighted by Gasteiger charge is -2.27. The van der Waals surface area contributed by atoms with Crippen molar-refractivity contribution in [3.8, 4) is 5.75 Å². The van der Waals surface area contributed by atoms with Gasteiger partial charge in [-0.15, -0.1) is 0 Å². The van der Waals surface area contributed by atoms with Gasteiger partial charge in [0, 0.05) is 25.2 Å². The third kappa shape index (κ3) is 5.48. The van der Waals surface area contributed by atoms with Crippen LogP contribution in [0.2, 0.25) is 0 Å². The SMILES string of the molecule is COC(=O)CCCN(Cc1ccc(OC)cc1)c1cccc(C(=O)O)c1C. The van der Waals surface area contributed by atoms with Crippen molar-refractivity contribution in [3.05, 3.63) is 59.2 Å². The number of nitrogens with zero attached hydrogens (tertiary/aromatic N) is 1. The van der Waals surface area contributed by atoms with E-state index >= 15 is 0 Å². The van der Waals surface area contributed by atoms with Gasteiger partial charge in [-0.1, -0.05) is 18.2 Å². The molecular weight excluding hydrogens is 346 g/mol. The maximum atomic E-state index is 11.5. The molecule has 0 unspecified atom stereocenters. The minimum atomic E-state index is -0.951. The van der Waals surface area contributed by atoms with Crippen molar-refractivity contribution in [1.82, 2.24) is 0 Å². The smallest absolute Gasteiger partial charge is 0.336 e. The Hall–Kier alpha value is -3.02. The minimum Gasteiger partial charge on any atom is -0.497 e. The highest BCUT2D eigenvalue weighted by molar-refractivity contribution is 5.91. The van der Waals surface area contributed by atoms with Gasteiger partial charge in [-0.25, -0.2) is 4.79 Å². The lowest BCUT2D eigenvalue weighted by Crippen LogP contribution is -2.26. The number of methoxy groups -OCH3 is 2. The maximum absolute atomic E-state index is 11.5. The average molecular weight is 371 g/mol. The Morgan fingerprint density at radius 1 is 1.07 bits per heavy atom. The summed E-state index contributed by atoms with van der Waals surface area (Å²) < 4.78 is 9.90. The van der Waals surface area contributed by atoms with E-state index in [2.05, 4.69) is 4.90 Å². The van der Waals surface area contributed by atoms with Crippen molar-refractivity contribution in [2.24, 2.45) is 0 Å². The highest BCUT2D eigenvalue weighted by atomic mass is 16.5. The van der Waals surface area contributed by atoms with Gasteiger partial charge in [0.15, 0.2) is 0 Å². The van der Waals surface area contributed by atoms with Gasteiger partial charge in [-0.2, -0.15) is 0 Å². The number of carboxylic acids is 1. The van der Waals surface area contributed by atoms with E-state index in [1.54, 1.807) is 26.2 Å². The summed E-state index contributed by atoms with van der Waals surface area (Å²) in [6, 6.07) is 13.0. The third-order valence-electron chi connectivity index (χ3n) is 4.45. The van der Waals surface area contributed by atoms with Crippen molar-refractivity contribution in [2.45, 2.75) is 26.3 Å². The van der Waals surface area contributed by atoms with Crippen molar-refractivity contribution in [1.29, 1.82) is 0 Å². The molecule has 0 heterocycles. The van der Waals surface area contributed by atoms with Gasteiger partial charge < -0.3 is 19.5 Å². The van der Waals surface area contributed by atoms with E-state index in [1.165, 1.54) is 7.11 Å². The van der Waals surface area contributed by atoms with Gasteiger partial charge >= 0.3 is 11.9 Å². The molecule has 144 valence electrons. The number of carbonyl (C=O) groups excluding carboxylic acids is 1.